The van der Waals surface area contributed by atoms with Crippen LogP contribution < -0.4 is 9.47 Å². The van der Waals surface area contributed by atoms with E-state index in [9.17, 15) is 13.2 Å². The smallest absolute Gasteiger partial charge is 0.284 e. The third kappa shape index (κ3) is 4.58. The zero-order chi connectivity index (χ0) is 21.7. The summed E-state index contributed by atoms with van der Waals surface area (Å²) in [7, 11) is -0.900. The van der Waals surface area contributed by atoms with E-state index < -0.39 is 10.0 Å². The van der Waals surface area contributed by atoms with Crippen LogP contribution in [0.25, 0.3) is 6.08 Å². The maximum Gasteiger partial charge on any atom is 0.284 e. The first-order valence-electron chi connectivity index (χ1n) is 8.84. The number of methoxy groups -OCH3 is 2. The van der Waals surface area contributed by atoms with Gasteiger partial charge in [0.2, 0.25) is 0 Å². The Morgan fingerprint density at radius 1 is 1.13 bits per heavy atom. The summed E-state index contributed by atoms with van der Waals surface area (Å²) in [6, 6.07) is 13.1. The van der Waals surface area contributed by atoms with Crippen molar-refractivity contribution in [3.05, 3.63) is 71.7 Å². The molecule has 0 aliphatic carbocycles. The molecule has 1 saturated heterocycles. The summed E-state index contributed by atoms with van der Waals surface area (Å²) in [6.07, 6.45) is 3.15. The molecule has 0 bridgehead atoms. The van der Waals surface area contributed by atoms with Crippen LogP contribution in [-0.2, 0) is 14.8 Å². The second kappa shape index (κ2) is 9.19. The van der Waals surface area contributed by atoms with Gasteiger partial charge in [-0.15, -0.1) is 11.0 Å². The number of hydrogen-bond donors (Lipinski definition) is 0. The van der Waals surface area contributed by atoms with Gasteiger partial charge in [0.05, 0.1) is 24.0 Å². The van der Waals surface area contributed by atoms with Crippen molar-refractivity contribution in [1.82, 2.24) is 4.90 Å². The van der Waals surface area contributed by atoms with Gasteiger partial charge >= 0.3 is 0 Å². The molecule has 0 aromatic heterocycles. The van der Waals surface area contributed by atoms with Crippen LogP contribution in [-0.4, -0.2) is 45.2 Å². The van der Waals surface area contributed by atoms with Crippen LogP contribution >= 0.6 is 11.8 Å². The van der Waals surface area contributed by atoms with Crippen LogP contribution in [0.2, 0.25) is 0 Å². The Morgan fingerprint density at radius 3 is 2.50 bits per heavy atom. The number of amidine groups is 1. The molecule has 0 spiro atoms. The highest BCUT2D eigenvalue weighted by Gasteiger charge is 2.34. The molecule has 1 aliphatic rings. The molecule has 1 heterocycles. The van der Waals surface area contributed by atoms with E-state index in [0.717, 1.165) is 11.8 Å². The van der Waals surface area contributed by atoms with Gasteiger partial charge in [-0.1, -0.05) is 24.3 Å². The van der Waals surface area contributed by atoms with E-state index in [1.807, 2.05) is 0 Å². The lowest BCUT2D eigenvalue weighted by Crippen LogP contribution is -2.29. The minimum absolute atomic E-state index is 0.0540. The quantitative estimate of drug-likeness (QED) is 0.480. The number of benzene rings is 2. The second-order valence-electron chi connectivity index (χ2n) is 6.08. The van der Waals surface area contributed by atoms with E-state index in [0.29, 0.717) is 22.0 Å². The van der Waals surface area contributed by atoms with E-state index in [1.165, 1.54) is 30.2 Å². The zero-order valence-corrected chi connectivity index (χ0v) is 18.1. The predicted molar refractivity (Wildman–Crippen MR) is 118 cm³/mol. The van der Waals surface area contributed by atoms with E-state index in [1.54, 1.807) is 49.6 Å². The van der Waals surface area contributed by atoms with Crippen molar-refractivity contribution in [3.8, 4) is 11.5 Å². The molecule has 0 atom stereocenters. The topological polar surface area (TPSA) is 85.3 Å². The number of sulfonamides is 1. The number of rotatable bonds is 7. The van der Waals surface area contributed by atoms with Crippen molar-refractivity contribution in [2.24, 2.45) is 4.40 Å². The van der Waals surface area contributed by atoms with Gasteiger partial charge < -0.3 is 9.47 Å². The fourth-order valence-electron chi connectivity index (χ4n) is 2.69. The van der Waals surface area contributed by atoms with E-state index in [4.69, 9.17) is 9.47 Å². The highest BCUT2D eigenvalue weighted by Crippen LogP contribution is 2.36. The minimum atomic E-state index is -3.97. The number of carbonyl (C=O) groups excluding carboxylic acids is 1. The second-order valence-corrected chi connectivity index (χ2v) is 8.70. The van der Waals surface area contributed by atoms with Crippen LogP contribution in [0.3, 0.4) is 0 Å². The highest BCUT2D eigenvalue weighted by molar-refractivity contribution is 8.19. The van der Waals surface area contributed by atoms with Gasteiger partial charge in [0.25, 0.3) is 15.9 Å². The Morgan fingerprint density at radius 2 is 1.87 bits per heavy atom. The fourth-order valence-corrected chi connectivity index (χ4v) is 4.89. The Bertz CT molecular complexity index is 1130. The Balaban J connectivity index is 2.01. The normalized spacial score (nSPS) is 16.9. The number of nitrogens with zero attached hydrogens (tertiary/aromatic N) is 2. The number of hydrogen-bond acceptors (Lipinski definition) is 6. The van der Waals surface area contributed by atoms with Gasteiger partial charge in [0.1, 0.15) is 11.5 Å². The standard InChI is InChI=1S/C21H20N2O5S2/c1-4-12-23-20(24)19(13-15-10-11-16(27-2)14-18(15)28-3)29-21(23)22-30(25,26)17-8-6-5-7-9-17/h4-11,13-14H,1,12H2,2-3H3/b19-13-,22-21+. The van der Waals surface area contributed by atoms with E-state index in [-0.39, 0.29) is 22.5 Å². The summed E-state index contributed by atoms with van der Waals surface area (Å²) in [5.74, 6) is 0.775. The largest absolute Gasteiger partial charge is 0.497 e. The lowest BCUT2D eigenvalue weighted by atomic mass is 10.1. The third-order valence-corrected chi connectivity index (χ3v) is 6.57. The number of carbonyl (C=O) groups is 1. The molecule has 0 unspecified atom stereocenters. The SMILES string of the molecule is C=CCN1C(=O)/C(=C/c2ccc(OC)cc2OC)S/C1=N/S(=O)(=O)c1ccccc1. The van der Waals surface area contributed by atoms with Crippen LogP contribution in [0.5, 0.6) is 11.5 Å². The summed E-state index contributed by atoms with van der Waals surface area (Å²) in [5, 5.41) is 0.0717. The van der Waals surface area contributed by atoms with E-state index in [2.05, 4.69) is 11.0 Å². The molecule has 156 valence electrons. The molecular formula is C21H20N2O5S2. The molecular weight excluding hydrogens is 424 g/mol. The number of amides is 1. The average Bonchev–Trinajstić information content (AvgIpc) is 3.03. The van der Waals surface area contributed by atoms with Gasteiger partial charge in [0.15, 0.2) is 5.17 Å². The Kier molecular flexibility index (Phi) is 6.63. The predicted octanol–water partition coefficient (Wildman–Crippen LogP) is 3.55. The van der Waals surface area contributed by atoms with Gasteiger partial charge in [-0.25, -0.2) is 0 Å². The molecule has 1 fully saturated rings. The van der Waals surface area contributed by atoms with Crippen molar-refractivity contribution in [2.75, 3.05) is 20.8 Å². The van der Waals surface area contributed by atoms with Gasteiger partial charge in [-0.05, 0) is 42.1 Å². The summed E-state index contributed by atoms with van der Waals surface area (Å²) in [4.78, 5) is 14.6. The summed E-state index contributed by atoms with van der Waals surface area (Å²) >= 11 is 0.986. The molecule has 3 rings (SSSR count). The maximum atomic E-state index is 12.9. The lowest BCUT2D eigenvalue weighted by Gasteiger charge is -2.12. The monoisotopic (exact) mass is 444 g/mol. The van der Waals surface area contributed by atoms with Gasteiger partial charge in [-0.3, -0.25) is 9.69 Å². The first-order valence-corrected chi connectivity index (χ1v) is 11.1. The maximum absolute atomic E-state index is 12.9. The zero-order valence-electron chi connectivity index (χ0n) is 16.4. The molecule has 2 aromatic carbocycles. The molecule has 7 nitrogen and oxygen atoms in total. The van der Waals surface area contributed by atoms with Crippen molar-refractivity contribution < 1.29 is 22.7 Å². The third-order valence-electron chi connectivity index (χ3n) is 4.17. The van der Waals surface area contributed by atoms with Gasteiger partial charge in [0, 0.05) is 18.2 Å². The summed E-state index contributed by atoms with van der Waals surface area (Å²) < 4.78 is 39.8. The van der Waals surface area contributed by atoms with Crippen LogP contribution in [0.1, 0.15) is 5.56 Å². The summed E-state index contributed by atoms with van der Waals surface area (Å²) in [6.45, 7) is 3.77. The average molecular weight is 445 g/mol. The van der Waals surface area contributed by atoms with Gasteiger partial charge in [-0.2, -0.15) is 8.42 Å². The van der Waals surface area contributed by atoms with Crippen LogP contribution in [0.4, 0.5) is 0 Å². The molecule has 2 aromatic rings. The van der Waals surface area contributed by atoms with Crippen molar-refractivity contribution in [1.29, 1.82) is 0 Å². The molecule has 9 heteroatoms. The van der Waals surface area contributed by atoms with Crippen molar-refractivity contribution in [2.45, 2.75) is 4.90 Å². The molecule has 1 aliphatic heterocycles. The summed E-state index contributed by atoms with van der Waals surface area (Å²) in [5.41, 5.74) is 0.653. The Labute approximate surface area is 179 Å². The molecule has 0 N–H and O–H groups in total. The highest BCUT2D eigenvalue weighted by atomic mass is 32.2. The number of thioether (sulfide) groups is 1. The first-order chi connectivity index (χ1) is 14.4. The molecule has 0 radical (unpaired) electrons. The molecule has 0 saturated carbocycles. The van der Waals surface area contributed by atoms with Crippen molar-refractivity contribution in [3.63, 3.8) is 0 Å². The lowest BCUT2D eigenvalue weighted by molar-refractivity contribution is -0.121. The van der Waals surface area contributed by atoms with Crippen LogP contribution in [0.15, 0.2) is 75.4 Å². The first kappa shape index (κ1) is 21.7. The fraction of sp³-hybridized carbons (Fsp3) is 0.143. The molecule has 30 heavy (non-hydrogen) atoms. The van der Waals surface area contributed by atoms with Crippen LogP contribution in [0, 0.1) is 0 Å². The Hall–Kier alpha value is -3.04. The van der Waals surface area contributed by atoms with E-state index >= 15 is 0 Å². The molecule has 1 amide bonds. The number of ether oxygens (including phenoxy) is 2. The minimum Gasteiger partial charge on any atom is -0.497 e. The van der Waals surface area contributed by atoms with Crippen molar-refractivity contribution >= 4 is 38.9 Å².